The van der Waals surface area contributed by atoms with Crippen LogP contribution in [0.15, 0.2) is 12.3 Å². The predicted octanol–water partition coefficient (Wildman–Crippen LogP) is 2.91. The van der Waals surface area contributed by atoms with Gasteiger partial charge in [-0.1, -0.05) is 13.3 Å². The number of hydrogen-bond donors (Lipinski definition) is 1. The van der Waals surface area contributed by atoms with Crippen LogP contribution in [0.2, 0.25) is 0 Å². The third-order valence-corrected chi connectivity index (χ3v) is 3.94. The van der Waals surface area contributed by atoms with Crippen LogP contribution >= 0.6 is 0 Å². The Morgan fingerprint density at radius 2 is 2.15 bits per heavy atom. The summed E-state index contributed by atoms with van der Waals surface area (Å²) in [6, 6.07) is 1.46. The van der Waals surface area contributed by atoms with Gasteiger partial charge in [0.15, 0.2) is 11.6 Å². The predicted molar refractivity (Wildman–Crippen MR) is 77.3 cm³/mol. The zero-order valence-electron chi connectivity index (χ0n) is 12.2. The number of halogens is 1. The first-order chi connectivity index (χ1) is 9.67. The third-order valence-electron chi connectivity index (χ3n) is 3.94. The Hall–Kier alpha value is -1.65. The molecule has 2 heterocycles. The number of nitrogens with one attached hydrogen (secondary N) is 1. The van der Waals surface area contributed by atoms with E-state index in [0.717, 1.165) is 32.4 Å². The second-order valence-electron chi connectivity index (χ2n) is 5.20. The molecule has 0 spiro atoms. The molecular formula is C15H22FN3O. The maximum atomic E-state index is 14.2. The van der Waals surface area contributed by atoms with Crippen molar-refractivity contribution in [3.05, 3.63) is 23.6 Å². The quantitative estimate of drug-likeness (QED) is 0.921. The van der Waals surface area contributed by atoms with Crippen molar-refractivity contribution in [2.45, 2.75) is 33.1 Å². The lowest BCUT2D eigenvalue weighted by atomic mass is 9.94. The average Bonchev–Trinajstić information content (AvgIpc) is 2.49. The molecule has 0 atom stereocenters. The maximum Gasteiger partial charge on any atom is 0.257 e. The van der Waals surface area contributed by atoms with Crippen molar-refractivity contribution >= 4 is 11.7 Å². The lowest BCUT2D eigenvalue weighted by Gasteiger charge is -2.31. The van der Waals surface area contributed by atoms with Crippen molar-refractivity contribution in [1.82, 2.24) is 9.88 Å². The molecule has 1 aromatic heterocycles. The minimum Gasteiger partial charge on any atom is -0.368 e. The van der Waals surface area contributed by atoms with Crippen molar-refractivity contribution in [1.29, 1.82) is 0 Å². The molecule has 1 aromatic rings. The average molecular weight is 279 g/mol. The molecule has 20 heavy (non-hydrogen) atoms. The van der Waals surface area contributed by atoms with Crippen LogP contribution in [0, 0.1) is 11.7 Å². The van der Waals surface area contributed by atoms with Crippen LogP contribution < -0.4 is 5.32 Å². The molecule has 5 heteroatoms. The summed E-state index contributed by atoms with van der Waals surface area (Å²) in [4.78, 5) is 18.1. The molecule has 0 radical (unpaired) electrons. The van der Waals surface area contributed by atoms with Crippen molar-refractivity contribution in [2.24, 2.45) is 5.92 Å². The molecule has 1 fully saturated rings. The van der Waals surface area contributed by atoms with Gasteiger partial charge in [-0.25, -0.2) is 9.37 Å². The zero-order valence-corrected chi connectivity index (χ0v) is 12.2. The van der Waals surface area contributed by atoms with Gasteiger partial charge in [-0.3, -0.25) is 4.79 Å². The van der Waals surface area contributed by atoms with Crippen LogP contribution in [0.3, 0.4) is 0 Å². The van der Waals surface area contributed by atoms with Gasteiger partial charge in [-0.05, 0) is 31.7 Å². The number of aromatic nitrogens is 1. The monoisotopic (exact) mass is 279 g/mol. The molecule has 0 saturated carbocycles. The van der Waals surface area contributed by atoms with Gasteiger partial charge in [0.1, 0.15) is 0 Å². The van der Waals surface area contributed by atoms with Gasteiger partial charge in [0.2, 0.25) is 0 Å². The second-order valence-corrected chi connectivity index (χ2v) is 5.20. The van der Waals surface area contributed by atoms with Crippen molar-refractivity contribution in [2.75, 3.05) is 25.0 Å². The van der Waals surface area contributed by atoms with Gasteiger partial charge in [0.05, 0.1) is 5.56 Å². The third kappa shape index (κ3) is 3.08. The van der Waals surface area contributed by atoms with Gasteiger partial charge in [0, 0.05) is 25.8 Å². The molecule has 0 aromatic carbocycles. The minimum absolute atomic E-state index is 0.117. The summed E-state index contributed by atoms with van der Waals surface area (Å²) < 4.78 is 14.2. The molecular weight excluding hydrogens is 257 g/mol. The minimum atomic E-state index is -0.544. The van der Waals surface area contributed by atoms with Crippen LogP contribution in [0.25, 0.3) is 0 Å². The Labute approximate surface area is 119 Å². The van der Waals surface area contributed by atoms with E-state index in [1.54, 1.807) is 4.90 Å². The van der Waals surface area contributed by atoms with Crippen LogP contribution in [0.1, 0.15) is 43.5 Å². The number of carbonyl (C=O) groups is 1. The fraction of sp³-hybridized carbons (Fsp3) is 0.600. The van der Waals surface area contributed by atoms with E-state index >= 15 is 0 Å². The number of likely N-dealkylation sites (tertiary alicyclic amines) is 1. The fourth-order valence-electron chi connectivity index (χ4n) is 2.61. The topological polar surface area (TPSA) is 45.2 Å². The zero-order chi connectivity index (χ0) is 14.5. The number of pyridine rings is 1. The highest BCUT2D eigenvalue weighted by molar-refractivity contribution is 5.95. The number of nitrogens with zero attached hydrogens (tertiary/aromatic N) is 2. The molecule has 1 aliphatic heterocycles. The van der Waals surface area contributed by atoms with Crippen LogP contribution in [-0.2, 0) is 0 Å². The molecule has 1 amide bonds. The van der Waals surface area contributed by atoms with E-state index in [9.17, 15) is 9.18 Å². The van der Waals surface area contributed by atoms with E-state index in [-0.39, 0.29) is 17.3 Å². The highest BCUT2D eigenvalue weighted by Gasteiger charge is 2.25. The van der Waals surface area contributed by atoms with Crippen molar-refractivity contribution < 1.29 is 9.18 Å². The normalized spacial score (nSPS) is 16.2. The standard InChI is InChI=1S/C15H22FN3O/c1-3-11-6-9-19(10-7-11)15(20)12-5-8-18-14(13(12)16)17-4-2/h5,8,11H,3-4,6-7,9-10H2,1-2H3,(H,17,18). The van der Waals surface area contributed by atoms with E-state index in [4.69, 9.17) is 0 Å². The molecule has 1 saturated heterocycles. The SMILES string of the molecule is CCNc1nccc(C(=O)N2CCC(CC)CC2)c1F. The van der Waals surface area contributed by atoms with Gasteiger partial charge >= 0.3 is 0 Å². The first-order valence-corrected chi connectivity index (χ1v) is 7.35. The Morgan fingerprint density at radius 1 is 1.45 bits per heavy atom. The Morgan fingerprint density at radius 3 is 2.75 bits per heavy atom. The molecule has 0 unspecified atom stereocenters. The molecule has 1 N–H and O–H groups in total. The number of piperidine rings is 1. The molecule has 0 aliphatic carbocycles. The van der Waals surface area contributed by atoms with Crippen molar-refractivity contribution in [3.63, 3.8) is 0 Å². The van der Waals surface area contributed by atoms with E-state index in [1.165, 1.54) is 12.3 Å². The second kappa shape index (κ2) is 6.68. The maximum absolute atomic E-state index is 14.2. The number of anilines is 1. The molecule has 4 nitrogen and oxygen atoms in total. The lowest BCUT2D eigenvalue weighted by Crippen LogP contribution is -2.38. The number of carbonyl (C=O) groups excluding carboxylic acids is 1. The summed E-state index contributed by atoms with van der Waals surface area (Å²) in [7, 11) is 0. The summed E-state index contributed by atoms with van der Waals surface area (Å²) in [5.41, 5.74) is 0.117. The largest absolute Gasteiger partial charge is 0.368 e. The summed E-state index contributed by atoms with van der Waals surface area (Å²) in [5, 5.41) is 2.83. The van der Waals surface area contributed by atoms with Gasteiger partial charge in [0.25, 0.3) is 5.91 Å². The van der Waals surface area contributed by atoms with Gasteiger partial charge in [-0.2, -0.15) is 0 Å². The van der Waals surface area contributed by atoms with E-state index in [2.05, 4.69) is 17.2 Å². The number of rotatable bonds is 4. The smallest absolute Gasteiger partial charge is 0.257 e. The molecule has 0 bridgehead atoms. The van der Waals surface area contributed by atoms with Crippen LogP contribution in [0.4, 0.5) is 10.2 Å². The fourth-order valence-corrected chi connectivity index (χ4v) is 2.61. The van der Waals surface area contributed by atoms with E-state index in [1.807, 2.05) is 6.92 Å². The Kier molecular flexibility index (Phi) is 4.93. The first kappa shape index (κ1) is 14.8. The summed E-state index contributed by atoms with van der Waals surface area (Å²) in [6.07, 6.45) is 4.65. The summed E-state index contributed by atoms with van der Waals surface area (Å²) in [5.74, 6) is 0.0796. The van der Waals surface area contributed by atoms with Gasteiger partial charge < -0.3 is 10.2 Å². The highest BCUT2D eigenvalue weighted by atomic mass is 19.1. The summed E-state index contributed by atoms with van der Waals surface area (Å²) in [6.45, 7) is 6.05. The highest BCUT2D eigenvalue weighted by Crippen LogP contribution is 2.23. The van der Waals surface area contributed by atoms with Crippen LogP contribution in [-0.4, -0.2) is 35.4 Å². The van der Waals surface area contributed by atoms with Crippen molar-refractivity contribution in [3.8, 4) is 0 Å². The molecule has 1 aliphatic rings. The van der Waals surface area contributed by atoms with E-state index in [0.29, 0.717) is 12.5 Å². The lowest BCUT2D eigenvalue weighted by molar-refractivity contribution is 0.0684. The van der Waals surface area contributed by atoms with Crippen LogP contribution in [0.5, 0.6) is 0 Å². The number of hydrogen-bond acceptors (Lipinski definition) is 3. The van der Waals surface area contributed by atoms with E-state index < -0.39 is 5.82 Å². The number of amides is 1. The summed E-state index contributed by atoms with van der Waals surface area (Å²) >= 11 is 0. The first-order valence-electron chi connectivity index (χ1n) is 7.35. The molecule has 110 valence electrons. The van der Waals surface area contributed by atoms with Gasteiger partial charge in [-0.15, -0.1) is 0 Å². The molecule has 2 rings (SSSR count). The Bertz CT molecular complexity index is 470. The Balaban J connectivity index is 2.11.